The molecule has 0 radical (unpaired) electrons. The molecule has 19 heavy (non-hydrogen) atoms. The highest BCUT2D eigenvalue weighted by Crippen LogP contribution is 2.26. The van der Waals surface area contributed by atoms with E-state index < -0.39 is 0 Å². The number of nitrogens with zero attached hydrogens (tertiary/aromatic N) is 1. The molecule has 1 aromatic carbocycles. The SMILES string of the molecule is COc1cccc(Cl)c1CNCC(C)(C)CCC#N. The Labute approximate surface area is 120 Å². The fourth-order valence-electron chi connectivity index (χ4n) is 1.91. The molecule has 0 unspecified atom stereocenters. The first-order valence-corrected chi connectivity index (χ1v) is 6.77. The summed E-state index contributed by atoms with van der Waals surface area (Å²) in [6.45, 7) is 5.81. The number of nitriles is 1. The summed E-state index contributed by atoms with van der Waals surface area (Å²) < 4.78 is 5.31. The molecule has 0 aliphatic heterocycles. The van der Waals surface area contributed by atoms with Gasteiger partial charge in [0.05, 0.1) is 13.2 Å². The maximum absolute atomic E-state index is 8.63. The molecule has 0 heterocycles. The van der Waals surface area contributed by atoms with Crippen molar-refractivity contribution in [1.82, 2.24) is 5.32 Å². The Kier molecular flexibility index (Phi) is 6.14. The Morgan fingerprint density at radius 1 is 1.42 bits per heavy atom. The first-order valence-electron chi connectivity index (χ1n) is 6.39. The van der Waals surface area contributed by atoms with Gasteiger partial charge in [-0.1, -0.05) is 31.5 Å². The molecule has 3 nitrogen and oxygen atoms in total. The molecule has 1 rings (SSSR count). The summed E-state index contributed by atoms with van der Waals surface area (Å²) in [6, 6.07) is 7.84. The van der Waals surface area contributed by atoms with Gasteiger partial charge in [0.15, 0.2) is 0 Å². The lowest BCUT2D eigenvalue weighted by atomic mass is 9.88. The van der Waals surface area contributed by atoms with Crippen molar-refractivity contribution in [2.24, 2.45) is 5.41 Å². The Morgan fingerprint density at radius 2 is 2.16 bits per heavy atom. The third-order valence-corrected chi connectivity index (χ3v) is 3.47. The van der Waals surface area contributed by atoms with E-state index in [4.69, 9.17) is 21.6 Å². The first kappa shape index (κ1) is 15.8. The van der Waals surface area contributed by atoms with Crippen molar-refractivity contribution < 1.29 is 4.74 Å². The van der Waals surface area contributed by atoms with Gasteiger partial charge in [-0.2, -0.15) is 5.26 Å². The fourth-order valence-corrected chi connectivity index (χ4v) is 2.14. The molecular formula is C15H21ClN2O. The molecule has 0 bridgehead atoms. The Morgan fingerprint density at radius 3 is 2.79 bits per heavy atom. The lowest BCUT2D eigenvalue weighted by molar-refractivity contribution is 0.316. The van der Waals surface area contributed by atoms with Crippen LogP contribution < -0.4 is 10.1 Å². The van der Waals surface area contributed by atoms with Crippen LogP contribution in [0.3, 0.4) is 0 Å². The molecule has 1 aromatic rings. The minimum absolute atomic E-state index is 0.101. The minimum atomic E-state index is 0.101. The van der Waals surface area contributed by atoms with Gasteiger partial charge in [0.1, 0.15) is 5.75 Å². The summed E-state index contributed by atoms with van der Waals surface area (Å²) in [6.07, 6.45) is 1.47. The van der Waals surface area contributed by atoms with Crippen molar-refractivity contribution in [1.29, 1.82) is 5.26 Å². The molecule has 0 atom stereocenters. The molecule has 104 valence electrons. The predicted octanol–water partition coefficient (Wildman–Crippen LogP) is 3.77. The Hall–Kier alpha value is -1.24. The second-order valence-corrected chi connectivity index (χ2v) is 5.75. The topological polar surface area (TPSA) is 45.0 Å². The van der Waals surface area contributed by atoms with Crippen LogP contribution in [-0.4, -0.2) is 13.7 Å². The van der Waals surface area contributed by atoms with Crippen LogP contribution in [0, 0.1) is 16.7 Å². The summed E-state index contributed by atoms with van der Waals surface area (Å²) in [5.41, 5.74) is 1.08. The minimum Gasteiger partial charge on any atom is -0.496 e. The van der Waals surface area contributed by atoms with Gasteiger partial charge in [-0.25, -0.2) is 0 Å². The molecule has 0 spiro atoms. The standard InChI is InChI=1S/C15H21ClN2O/c1-15(2,8-5-9-17)11-18-10-12-13(16)6-4-7-14(12)19-3/h4,6-7,18H,5,8,10-11H2,1-3H3. The van der Waals surface area contributed by atoms with Crippen molar-refractivity contribution in [2.45, 2.75) is 33.2 Å². The third kappa shape index (κ3) is 5.10. The lowest BCUT2D eigenvalue weighted by Gasteiger charge is -2.24. The maximum atomic E-state index is 8.63. The molecule has 1 N–H and O–H groups in total. The molecule has 0 amide bonds. The van der Waals surface area contributed by atoms with Crippen LogP contribution in [0.4, 0.5) is 0 Å². The molecule has 0 saturated carbocycles. The van der Waals surface area contributed by atoms with Gasteiger partial charge in [-0.3, -0.25) is 0 Å². The van der Waals surface area contributed by atoms with Crippen LogP contribution >= 0.6 is 11.6 Å². The number of ether oxygens (including phenoxy) is 1. The van der Waals surface area contributed by atoms with Gasteiger partial charge in [-0.15, -0.1) is 0 Å². The lowest BCUT2D eigenvalue weighted by Crippen LogP contribution is -2.29. The van der Waals surface area contributed by atoms with Gasteiger partial charge >= 0.3 is 0 Å². The summed E-state index contributed by atoms with van der Waals surface area (Å²) in [5, 5.41) is 12.7. The van der Waals surface area contributed by atoms with E-state index in [1.165, 1.54) is 0 Å². The summed E-state index contributed by atoms with van der Waals surface area (Å²) in [5.74, 6) is 0.801. The van der Waals surface area contributed by atoms with E-state index in [1.807, 2.05) is 18.2 Å². The van der Waals surface area contributed by atoms with Crippen molar-refractivity contribution >= 4 is 11.6 Å². The van der Waals surface area contributed by atoms with Crippen LogP contribution in [0.5, 0.6) is 5.75 Å². The molecular weight excluding hydrogens is 260 g/mol. The molecule has 0 saturated heterocycles. The molecule has 4 heteroatoms. The number of methoxy groups -OCH3 is 1. The van der Waals surface area contributed by atoms with Gasteiger partial charge in [0.25, 0.3) is 0 Å². The zero-order valence-electron chi connectivity index (χ0n) is 11.8. The number of benzene rings is 1. The Bertz CT molecular complexity index is 452. The molecule has 0 aliphatic rings. The average molecular weight is 281 g/mol. The fraction of sp³-hybridized carbons (Fsp3) is 0.533. The van der Waals surface area contributed by atoms with E-state index in [9.17, 15) is 0 Å². The molecule has 0 fully saturated rings. The van der Waals surface area contributed by atoms with E-state index >= 15 is 0 Å². The Balaban J connectivity index is 2.56. The summed E-state index contributed by atoms with van der Waals surface area (Å²) in [4.78, 5) is 0. The average Bonchev–Trinajstić information content (AvgIpc) is 2.38. The number of rotatable bonds is 7. The second-order valence-electron chi connectivity index (χ2n) is 5.35. The number of hydrogen-bond acceptors (Lipinski definition) is 3. The van der Waals surface area contributed by atoms with Gasteiger partial charge in [-0.05, 0) is 24.0 Å². The number of nitrogens with one attached hydrogen (secondary N) is 1. The zero-order chi connectivity index (χ0) is 14.3. The highest BCUT2D eigenvalue weighted by molar-refractivity contribution is 6.31. The van der Waals surface area contributed by atoms with Crippen LogP contribution in [0.2, 0.25) is 5.02 Å². The van der Waals surface area contributed by atoms with E-state index in [0.717, 1.165) is 24.3 Å². The summed E-state index contributed by atoms with van der Waals surface area (Å²) in [7, 11) is 1.64. The van der Waals surface area contributed by atoms with Crippen molar-refractivity contribution in [3.05, 3.63) is 28.8 Å². The second kappa shape index (κ2) is 7.37. The number of hydrogen-bond donors (Lipinski definition) is 1. The van der Waals surface area contributed by atoms with E-state index in [0.29, 0.717) is 18.0 Å². The van der Waals surface area contributed by atoms with Crippen LogP contribution in [0.25, 0.3) is 0 Å². The van der Waals surface area contributed by atoms with E-state index in [-0.39, 0.29) is 5.41 Å². The van der Waals surface area contributed by atoms with Crippen LogP contribution in [0.15, 0.2) is 18.2 Å². The normalized spacial score (nSPS) is 11.1. The largest absolute Gasteiger partial charge is 0.496 e. The number of halogens is 1. The van der Waals surface area contributed by atoms with Crippen molar-refractivity contribution in [3.63, 3.8) is 0 Å². The van der Waals surface area contributed by atoms with Gasteiger partial charge < -0.3 is 10.1 Å². The quantitative estimate of drug-likeness (QED) is 0.827. The highest BCUT2D eigenvalue weighted by atomic mass is 35.5. The summed E-state index contributed by atoms with van der Waals surface area (Å²) >= 11 is 6.18. The zero-order valence-corrected chi connectivity index (χ0v) is 12.5. The first-order chi connectivity index (χ1) is 9.00. The highest BCUT2D eigenvalue weighted by Gasteiger charge is 2.17. The monoisotopic (exact) mass is 280 g/mol. The van der Waals surface area contributed by atoms with Crippen LogP contribution in [-0.2, 0) is 6.54 Å². The van der Waals surface area contributed by atoms with Crippen molar-refractivity contribution in [2.75, 3.05) is 13.7 Å². The smallest absolute Gasteiger partial charge is 0.124 e. The van der Waals surface area contributed by atoms with Gasteiger partial charge in [0.2, 0.25) is 0 Å². The third-order valence-electron chi connectivity index (χ3n) is 3.11. The predicted molar refractivity (Wildman–Crippen MR) is 78.3 cm³/mol. The van der Waals surface area contributed by atoms with Gasteiger partial charge in [0, 0.05) is 30.1 Å². The van der Waals surface area contributed by atoms with Crippen molar-refractivity contribution in [3.8, 4) is 11.8 Å². The molecule has 0 aromatic heterocycles. The van der Waals surface area contributed by atoms with E-state index in [1.54, 1.807) is 7.11 Å². The van der Waals surface area contributed by atoms with E-state index in [2.05, 4.69) is 25.2 Å². The van der Waals surface area contributed by atoms with Crippen LogP contribution in [0.1, 0.15) is 32.3 Å². The maximum Gasteiger partial charge on any atom is 0.124 e. The molecule has 0 aliphatic carbocycles.